The van der Waals surface area contributed by atoms with Crippen molar-refractivity contribution in [1.29, 1.82) is 5.41 Å². The van der Waals surface area contributed by atoms with E-state index in [1.165, 1.54) is 25.3 Å². The number of nitrogens with two attached hydrogens (primary N) is 3. The SMILES string of the molecule is CC(=O)N[C@H]1CSCCC(=O)N2CN3CN(C2)C(=O)CCSC[C@H](NC(=O)[C@H](CC(=O)O)NC(=O)[C@H](CCC(=O)O)NC(=O)[C@H](CC(C)C)NC(=O)[C@H](Cc2c[nH]c4ccccc24)NC(=O)[C@H](CCC(N)=O)NC1=O)C(=O)N[C@@H](Cc1c[nH]c2ccccc12)C(=O)N[C@@H](CCCNC(=N)N)C(=O)NCC(=O)N[C@@H](Cc1ccc(F)cc1)C(=O)N[C@H](C(=O)N[C@@H](C)C(N)=O)CSCCC3=O. The van der Waals surface area contributed by atoms with Crippen LogP contribution in [0.3, 0.4) is 0 Å². The number of carbonyl (C=O) groups is 20. The number of para-hydroxylation sites is 2. The minimum absolute atomic E-state index is 0.0332. The van der Waals surface area contributed by atoms with Crippen LogP contribution >= 0.6 is 35.3 Å². The molecule has 3 fully saturated rings. The molecule has 3 aliphatic rings. The van der Waals surface area contributed by atoms with Crippen molar-refractivity contribution in [2.24, 2.45) is 23.1 Å². The molecule has 3 saturated heterocycles. The highest BCUT2D eigenvalue weighted by Crippen LogP contribution is 2.25. The highest BCUT2D eigenvalue weighted by molar-refractivity contribution is 7.99. The molecule has 3 aliphatic heterocycles. The van der Waals surface area contributed by atoms with Crippen molar-refractivity contribution < 1.29 is 110 Å². The number of guanidine groups is 1. The van der Waals surface area contributed by atoms with Crippen LogP contribution in [0, 0.1) is 17.1 Å². The summed E-state index contributed by atoms with van der Waals surface area (Å²) in [7, 11) is 0. The third-order valence-electron chi connectivity index (χ3n) is 21.5. The van der Waals surface area contributed by atoms with Gasteiger partial charge in [0.05, 0.1) is 33.0 Å². The number of aromatic amines is 2. The number of fused-ring (bicyclic) bond motifs is 9. The number of aromatic nitrogens is 2. The van der Waals surface area contributed by atoms with E-state index in [2.05, 4.69) is 84.4 Å². The van der Waals surface area contributed by atoms with Gasteiger partial charge in [0.2, 0.25) is 106 Å². The number of primary amides is 2. The number of thioether (sulfide) groups is 3. The van der Waals surface area contributed by atoms with Crippen molar-refractivity contribution in [3.63, 3.8) is 0 Å². The topological polar surface area (TPSA) is 693 Å². The van der Waals surface area contributed by atoms with Crippen LogP contribution in [-0.4, -0.2) is 299 Å². The van der Waals surface area contributed by atoms with E-state index in [0.29, 0.717) is 32.9 Å². The number of rotatable bonds is 24. The molecule has 0 unspecified atom stereocenters. The third-order valence-corrected chi connectivity index (χ3v) is 24.7. The molecular formula is C85H114FN23O22S3. The molecule has 25 N–H and O–H groups in total. The molecule has 134 heavy (non-hydrogen) atoms. The molecule has 8 rings (SSSR count). The standard InChI is InChI=1S/C85H114FN23O22S3/c1-44(2)30-58-77(124)99-57(20-22-71(116)117)76(123)104-62(34-72(118)119)81(128)106-65-40-134-29-25-70(115)109-42-107(68(113)23-27-132-38-63(96-46(4)110)83(130)100-56(19-21-66(87)111)75(122)102-61(80(127)101-58)33-49-36-93-54-13-8-6-11-52(49)54)41-108(43-109)69(114)24-28-133-39-64(82(129)95-45(3)73(88)120)105-78(125)59(31-47-15-17-50(86)18-16-47)97-67(112)37-94-74(121)55(14-9-26-91-85(89)90)98-79(126)60(103-84(65)131)32-48-35-92-53-12-7-5-10-51(48)53/h5-8,10-13,15-18,35-36,44-45,55-65,92-93H,9,14,19-34,37-43H2,1-4H3,(H2,87,111)(H2,88,120)(H,94,121)(H,95,129)(H,96,110)(H,97,112)(H,98,126)(H,99,124)(H,100,130)(H,101,127)(H,102,122)(H,103,131)(H,104,123)(H,105,125)(H,106,128)(H,116,117)(H,118,119)(H4,89,90,91)/t45-,55-,56-,57-,58-,59-,60-,61-,62-,63-,64-,65-/m0/s1. The van der Waals surface area contributed by atoms with E-state index >= 15 is 19.2 Å². The molecule has 5 aromatic rings. The number of aliphatic carboxylic acids is 2. The third kappa shape index (κ3) is 33.9. The fourth-order valence-electron chi connectivity index (χ4n) is 14.4. The molecule has 0 radical (unpaired) electrons. The van der Waals surface area contributed by atoms with Gasteiger partial charge in [0.15, 0.2) is 5.96 Å². The molecule has 4 bridgehead atoms. The van der Waals surface area contributed by atoms with E-state index in [-0.39, 0.29) is 85.8 Å². The highest BCUT2D eigenvalue weighted by atomic mass is 32.2. The second-order valence-electron chi connectivity index (χ2n) is 32.6. The number of carboxylic acid groups (broad SMARTS) is 2. The quantitative estimate of drug-likeness (QED) is 0.0159. The number of hydrogen-bond acceptors (Lipinski definition) is 24. The van der Waals surface area contributed by atoms with Crippen molar-refractivity contribution in [3.05, 3.63) is 108 Å². The molecule has 18 amide bonds. The lowest BCUT2D eigenvalue weighted by atomic mass is 9.99. The predicted octanol–water partition coefficient (Wildman–Crippen LogP) is -4.04. The summed E-state index contributed by atoms with van der Waals surface area (Å²) in [6, 6.07) is -2.36. The van der Waals surface area contributed by atoms with Gasteiger partial charge in [-0.05, 0) is 85.9 Å². The fourth-order valence-corrected chi connectivity index (χ4v) is 17.3. The molecule has 5 heterocycles. The van der Waals surface area contributed by atoms with Crippen LogP contribution in [-0.2, 0) is 115 Å². The molecular weight excluding hydrogens is 1810 g/mol. The summed E-state index contributed by atoms with van der Waals surface area (Å²) < 4.78 is 14.4. The summed E-state index contributed by atoms with van der Waals surface area (Å²) in [5, 5.41) is 64.6. The monoisotopic (exact) mass is 1920 g/mol. The Kier molecular flexibility index (Phi) is 41.0. The minimum Gasteiger partial charge on any atom is -0.481 e. The van der Waals surface area contributed by atoms with Gasteiger partial charge in [-0.2, -0.15) is 35.3 Å². The Labute approximate surface area is 780 Å². The van der Waals surface area contributed by atoms with E-state index in [0.717, 1.165) is 69.0 Å². The van der Waals surface area contributed by atoms with Crippen LogP contribution in [0.1, 0.15) is 115 Å². The molecule has 0 saturated carbocycles. The second kappa shape index (κ2) is 52.0. The zero-order valence-corrected chi connectivity index (χ0v) is 76.5. The van der Waals surface area contributed by atoms with Crippen LogP contribution in [0.5, 0.6) is 0 Å². The van der Waals surface area contributed by atoms with Crippen LogP contribution in [0.4, 0.5) is 4.39 Å². The average molecular weight is 1930 g/mol. The van der Waals surface area contributed by atoms with Crippen molar-refractivity contribution in [2.75, 3.05) is 67.6 Å². The zero-order chi connectivity index (χ0) is 98.0. The van der Waals surface area contributed by atoms with Gasteiger partial charge >= 0.3 is 11.9 Å². The van der Waals surface area contributed by atoms with Crippen molar-refractivity contribution >= 4 is 181 Å². The van der Waals surface area contributed by atoms with Gasteiger partial charge in [0.25, 0.3) is 0 Å². The Morgan fingerprint density at radius 2 is 0.963 bits per heavy atom. The van der Waals surface area contributed by atoms with E-state index in [4.69, 9.17) is 22.6 Å². The number of carbonyl (C=O) groups excluding carboxylic acids is 18. The smallest absolute Gasteiger partial charge is 0.305 e. The number of H-pyrrole nitrogens is 2. The molecule has 2 aromatic heterocycles. The molecule has 49 heteroatoms. The van der Waals surface area contributed by atoms with Gasteiger partial charge in [0, 0.05) is 134 Å². The summed E-state index contributed by atoms with van der Waals surface area (Å²) in [5.41, 5.74) is 18.9. The van der Waals surface area contributed by atoms with Gasteiger partial charge in [-0.1, -0.05) is 62.4 Å². The van der Waals surface area contributed by atoms with E-state index in [9.17, 15) is 91.3 Å². The van der Waals surface area contributed by atoms with E-state index in [1.807, 2.05) is 0 Å². The normalized spacial score (nSPS) is 22.9. The van der Waals surface area contributed by atoms with Crippen LogP contribution < -0.4 is 91.6 Å². The van der Waals surface area contributed by atoms with Gasteiger partial charge in [0.1, 0.15) is 78.3 Å². The Bertz CT molecular complexity index is 5140. The lowest BCUT2D eigenvalue weighted by Gasteiger charge is -2.42. The molecule has 0 aliphatic carbocycles. The first-order valence-corrected chi connectivity index (χ1v) is 46.5. The van der Waals surface area contributed by atoms with Crippen LogP contribution in [0.2, 0.25) is 0 Å². The Morgan fingerprint density at radius 3 is 1.48 bits per heavy atom. The van der Waals surface area contributed by atoms with Gasteiger partial charge < -0.3 is 127 Å². The second-order valence-corrected chi connectivity index (χ2v) is 36.0. The number of carboxylic acids is 2. The number of hydrogen-bond donors (Lipinski definition) is 22. The number of halogens is 1. The summed E-state index contributed by atoms with van der Waals surface area (Å²) in [4.78, 5) is 295. The lowest BCUT2D eigenvalue weighted by molar-refractivity contribution is -0.158. The first-order valence-electron chi connectivity index (χ1n) is 43.1. The number of nitrogens with one attached hydrogen (secondary N) is 17. The maximum atomic E-state index is 15.5. The lowest BCUT2D eigenvalue weighted by Crippen LogP contribution is -2.61. The number of nitrogens with zero attached hydrogens (tertiary/aromatic N) is 3. The van der Waals surface area contributed by atoms with Crippen molar-refractivity contribution in [1.82, 2.24) is 99.1 Å². The Balaban J connectivity index is 1.24. The molecule has 45 nitrogen and oxygen atoms in total. The first kappa shape index (κ1) is 106. The van der Waals surface area contributed by atoms with E-state index in [1.54, 1.807) is 68.6 Å². The summed E-state index contributed by atoms with van der Waals surface area (Å²) in [5.74, 6) is -24.9. The van der Waals surface area contributed by atoms with Gasteiger partial charge in [-0.25, -0.2) is 4.39 Å². The molecule has 12 atom stereocenters. The number of benzene rings is 3. The van der Waals surface area contributed by atoms with E-state index < -0.39 is 286 Å². The largest absolute Gasteiger partial charge is 0.481 e. The minimum atomic E-state index is -2.24. The highest BCUT2D eigenvalue weighted by Gasteiger charge is 2.40. The number of amides is 18. The maximum absolute atomic E-state index is 15.5. The Hall–Kier alpha value is -13.6. The average Bonchev–Trinajstić information content (AvgIpc) is 1.72. The molecule has 726 valence electrons. The fraction of sp³-hybridized carbons (Fsp3) is 0.494. The van der Waals surface area contributed by atoms with Crippen LogP contribution in [0.25, 0.3) is 21.8 Å². The van der Waals surface area contributed by atoms with Gasteiger partial charge in [-0.3, -0.25) is 101 Å². The molecule has 3 aromatic carbocycles. The van der Waals surface area contributed by atoms with Crippen LogP contribution in [0.15, 0.2) is 85.2 Å². The molecule has 0 spiro atoms. The van der Waals surface area contributed by atoms with Gasteiger partial charge in [-0.15, -0.1) is 0 Å². The summed E-state index contributed by atoms with van der Waals surface area (Å²) in [6.07, 6.45) is -3.85. The summed E-state index contributed by atoms with van der Waals surface area (Å²) >= 11 is 2.72. The first-order chi connectivity index (χ1) is 63.7. The van der Waals surface area contributed by atoms with Crippen molar-refractivity contribution in [3.8, 4) is 0 Å². The zero-order valence-electron chi connectivity index (χ0n) is 74.0. The Morgan fingerprint density at radius 1 is 0.507 bits per heavy atom. The predicted molar refractivity (Wildman–Crippen MR) is 488 cm³/mol. The summed E-state index contributed by atoms with van der Waals surface area (Å²) in [6.45, 7) is 3.25. The maximum Gasteiger partial charge on any atom is 0.305 e. The van der Waals surface area contributed by atoms with Crippen molar-refractivity contribution in [2.45, 2.75) is 190 Å².